The van der Waals surface area contributed by atoms with Crippen LogP contribution < -0.4 is 11.5 Å². The molecule has 0 aromatic heterocycles. The van der Waals surface area contributed by atoms with Gasteiger partial charge >= 0.3 is 11.9 Å². The molecule has 100 valence electrons. The fourth-order valence-corrected chi connectivity index (χ4v) is 2.91. The molecule has 0 aromatic carbocycles. The molecule has 0 aliphatic rings. The minimum atomic E-state index is -1.04. The van der Waals surface area contributed by atoms with E-state index in [-0.39, 0.29) is 5.75 Å². The van der Waals surface area contributed by atoms with Crippen LogP contribution >= 0.6 is 21.6 Å². The molecule has 8 heteroatoms. The van der Waals surface area contributed by atoms with Crippen LogP contribution in [0.3, 0.4) is 0 Å². The number of nitrogens with two attached hydrogens (primary N) is 2. The summed E-state index contributed by atoms with van der Waals surface area (Å²) < 4.78 is 4.86. The molecular formula is C9H18N2O4S2. The molecule has 5 N–H and O–H groups in total. The van der Waals surface area contributed by atoms with Gasteiger partial charge < -0.3 is 21.3 Å². The zero-order valence-electron chi connectivity index (χ0n) is 9.63. The number of carbonyl (C=O) groups excluding carboxylic acids is 1. The first-order chi connectivity index (χ1) is 7.99. The van der Waals surface area contributed by atoms with E-state index in [9.17, 15) is 9.59 Å². The highest BCUT2D eigenvalue weighted by Crippen LogP contribution is 2.22. The van der Waals surface area contributed by atoms with E-state index in [1.54, 1.807) is 0 Å². The average Bonchev–Trinajstić information content (AvgIpc) is 2.30. The molecular weight excluding hydrogens is 264 g/mol. The molecule has 0 spiro atoms. The molecule has 0 saturated heterocycles. The Morgan fingerprint density at radius 1 is 1.24 bits per heavy atom. The van der Waals surface area contributed by atoms with Gasteiger partial charge in [0.05, 0.1) is 6.61 Å². The Balaban J connectivity index is 3.60. The number of carbonyl (C=O) groups is 2. The fraction of sp³-hybridized carbons (Fsp3) is 0.778. The van der Waals surface area contributed by atoms with Crippen LogP contribution in [-0.4, -0.2) is 47.2 Å². The van der Waals surface area contributed by atoms with Crippen LogP contribution in [0, 0.1) is 0 Å². The second-order valence-corrected chi connectivity index (χ2v) is 5.84. The maximum Gasteiger partial charge on any atom is 0.323 e. The molecule has 0 aliphatic heterocycles. The zero-order chi connectivity index (χ0) is 13.3. The largest absolute Gasteiger partial charge is 0.480 e. The first kappa shape index (κ1) is 16.6. The van der Waals surface area contributed by atoms with Crippen LogP contribution in [0.4, 0.5) is 0 Å². The molecule has 0 radical (unpaired) electrons. The molecule has 2 atom stereocenters. The number of hydrogen-bond acceptors (Lipinski definition) is 7. The van der Waals surface area contributed by atoms with E-state index < -0.39 is 24.0 Å². The maximum absolute atomic E-state index is 11.2. The SMILES string of the molecule is CCCOC(=O)[C@@H](N)CSSCC(N)C(=O)O. The minimum absolute atomic E-state index is 0.275. The zero-order valence-corrected chi connectivity index (χ0v) is 11.3. The number of ether oxygens (including phenoxy) is 1. The lowest BCUT2D eigenvalue weighted by atomic mass is 10.4. The van der Waals surface area contributed by atoms with Gasteiger partial charge in [0, 0.05) is 11.5 Å². The van der Waals surface area contributed by atoms with Gasteiger partial charge in [-0.15, -0.1) is 0 Å². The third-order valence-electron chi connectivity index (χ3n) is 1.65. The van der Waals surface area contributed by atoms with Crippen LogP contribution in [0.15, 0.2) is 0 Å². The Hall–Kier alpha value is -0.440. The van der Waals surface area contributed by atoms with Crippen molar-refractivity contribution in [3.8, 4) is 0 Å². The molecule has 0 saturated carbocycles. The van der Waals surface area contributed by atoms with Gasteiger partial charge in [0.15, 0.2) is 0 Å². The van der Waals surface area contributed by atoms with E-state index >= 15 is 0 Å². The van der Waals surface area contributed by atoms with Crippen molar-refractivity contribution in [1.82, 2.24) is 0 Å². The maximum atomic E-state index is 11.2. The van der Waals surface area contributed by atoms with E-state index in [0.29, 0.717) is 12.4 Å². The van der Waals surface area contributed by atoms with Crippen LogP contribution in [0.1, 0.15) is 13.3 Å². The highest BCUT2D eigenvalue weighted by atomic mass is 33.1. The Kier molecular flexibility index (Phi) is 9.33. The third kappa shape index (κ3) is 8.31. The third-order valence-corrected chi connectivity index (χ3v) is 4.12. The summed E-state index contributed by atoms with van der Waals surface area (Å²) in [6, 6.07) is -1.57. The van der Waals surface area contributed by atoms with Crippen molar-refractivity contribution in [2.24, 2.45) is 11.5 Å². The molecule has 17 heavy (non-hydrogen) atoms. The second kappa shape index (κ2) is 9.58. The number of carboxylic acid groups (broad SMARTS) is 1. The normalized spacial score (nSPS) is 14.1. The van der Waals surface area contributed by atoms with Crippen molar-refractivity contribution < 1.29 is 19.4 Å². The van der Waals surface area contributed by atoms with E-state index in [1.807, 2.05) is 6.92 Å². The number of esters is 1. The van der Waals surface area contributed by atoms with Gasteiger partial charge in [-0.2, -0.15) is 0 Å². The first-order valence-corrected chi connectivity index (χ1v) is 7.62. The van der Waals surface area contributed by atoms with Gasteiger partial charge in [-0.25, -0.2) is 0 Å². The Bertz CT molecular complexity index is 253. The van der Waals surface area contributed by atoms with Crippen molar-refractivity contribution in [3.63, 3.8) is 0 Å². The van der Waals surface area contributed by atoms with Crippen molar-refractivity contribution in [3.05, 3.63) is 0 Å². The van der Waals surface area contributed by atoms with Gasteiger partial charge in [0.1, 0.15) is 12.1 Å². The molecule has 1 unspecified atom stereocenters. The summed E-state index contributed by atoms with van der Waals surface area (Å²) in [7, 11) is 2.60. The van der Waals surface area contributed by atoms with Crippen molar-refractivity contribution >= 4 is 33.5 Å². The Labute approximate surface area is 108 Å². The predicted molar refractivity (Wildman–Crippen MR) is 69.8 cm³/mol. The highest BCUT2D eigenvalue weighted by molar-refractivity contribution is 8.76. The summed E-state index contributed by atoms with van der Waals surface area (Å²) in [5, 5.41) is 8.53. The van der Waals surface area contributed by atoms with Crippen LogP contribution in [0.25, 0.3) is 0 Å². The predicted octanol–water partition coefficient (Wildman–Crippen LogP) is 0.0602. The highest BCUT2D eigenvalue weighted by Gasteiger charge is 2.16. The fourth-order valence-electron chi connectivity index (χ4n) is 0.692. The summed E-state index contributed by atoms with van der Waals surface area (Å²) in [4.78, 5) is 21.7. The molecule has 6 nitrogen and oxygen atoms in total. The van der Waals surface area contributed by atoms with Crippen LogP contribution in [-0.2, 0) is 14.3 Å². The van der Waals surface area contributed by atoms with Crippen molar-refractivity contribution in [1.29, 1.82) is 0 Å². The summed E-state index contributed by atoms with van der Waals surface area (Å²) >= 11 is 0. The van der Waals surface area contributed by atoms with Gasteiger partial charge in [-0.05, 0) is 6.42 Å². The average molecular weight is 282 g/mol. The molecule has 0 aliphatic carbocycles. The molecule has 0 bridgehead atoms. The summed E-state index contributed by atoms with van der Waals surface area (Å²) in [5.74, 6) is -0.816. The van der Waals surface area contributed by atoms with Crippen molar-refractivity contribution in [2.75, 3.05) is 18.1 Å². The van der Waals surface area contributed by atoms with Crippen LogP contribution in [0.2, 0.25) is 0 Å². The molecule has 0 heterocycles. The van der Waals surface area contributed by atoms with Gasteiger partial charge in [0.2, 0.25) is 0 Å². The first-order valence-electron chi connectivity index (χ1n) is 5.14. The second-order valence-electron chi connectivity index (χ2n) is 3.29. The van der Waals surface area contributed by atoms with Gasteiger partial charge in [-0.3, -0.25) is 9.59 Å². The minimum Gasteiger partial charge on any atom is -0.480 e. The molecule has 0 fully saturated rings. The van der Waals surface area contributed by atoms with Gasteiger partial charge in [-0.1, -0.05) is 28.5 Å². The quantitative estimate of drug-likeness (QED) is 0.309. The molecule has 0 rings (SSSR count). The van der Waals surface area contributed by atoms with E-state index in [0.717, 1.165) is 6.42 Å². The van der Waals surface area contributed by atoms with E-state index in [2.05, 4.69) is 0 Å². The topological polar surface area (TPSA) is 116 Å². The summed E-state index contributed by atoms with van der Waals surface area (Å²) in [6.07, 6.45) is 0.758. The standard InChI is InChI=1S/C9H18N2O4S2/c1-2-3-15-9(14)7(11)5-17-16-4-6(10)8(12)13/h6-7H,2-5,10-11H2,1H3,(H,12,13)/t6?,7-/m0/s1. The van der Waals surface area contributed by atoms with E-state index in [4.69, 9.17) is 21.3 Å². The lowest BCUT2D eigenvalue weighted by Gasteiger charge is -2.10. The number of hydrogen-bond donors (Lipinski definition) is 3. The Morgan fingerprint density at radius 3 is 2.24 bits per heavy atom. The van der Waals surface area contributed by atoms with Gasteiger partial charge in [0.25, 0.3) is 0 Å². The Morgan fingerprint density at radius 2 is 1.76 bits per heavy atom. The number of carboxylic acids is 1. The molecule has 0 amide bonds. The smallest absolute Gasteiger partial charge is 0.323 e. The van der Waals surface area contributed by atoms with Crippen LogP contribution in [0.5, 0.6) is 0 Å². The number of aliphatic carboxylic acids is 1. The van der Waals surface area contributed by atoms with E-state index in [1.165, 1.54) is 21.6 Å². The summed E-state index contributed by atoms with van der Waals surface area (Å²) in [6.45, 7) is 2.27. The molecule has 0 aromatic rings. The summed E-state index contributed by atoms with van der Waals surface area (Å²) in [5.41, 5.74) is 10.9. The lowest BCUT2D eigenvalue weighted by molar-refractivity contribution is -0.144. The lowest BCUT2D eigenvalue weighted by Crippen LogP contribution is -2.35. The number of rotatable bonds is 9. The monoisotopic (exact) mass is 282 g/mol. The van der Waals surface area contributed by atoms with Crippen molar-refractivity contribution in [2.45, 2.75) is 25.4 Å².